The van der Waals surface area contributed by atoms with E-state index in [1.807, 2.05) is 59.3 Å². The van der Waals surface area contributed by atoms with Gasteiger partial charge in [-0.3, -0.25) is 0 Å². The minimum atomic E-state index is 0.590. The van der Waals surface area contributed by atoms with E-state index in [1.54, 1.807) is 28.4 Å². The summed E-state index contributed by atoms with van der Waals surface area (Å²) in [6.45, 7) is 3.06. The molecule has 8 nitrogen and oxygen atoms in total. The second kappa shape index (κ2) is 14.3. The standard InChI is InChI=1S/C32H39N3O5/c1-34(18-16-24-12-14-28(36-2)30(20-24)38-4)17-9-19-40-32-22-27(26-13-15-29(37-3)31(21-26)39-5)33-35(32)23-25-10-7-6-8-11-25/h6-8,10-15,20-22H,9,16-19,23H2,1-5H3. The predicted octanol–water partition coefficient (Wildman–Crippen LogP) is 5.58. The number of ether oxygens (including phenoxy) is 5. The highest BCUT2D eigenvalue weighted by Gasteiger charge is 2.14. The van der Waals surface area contributed by atoms with Crippen molar-refractivity contribution >= 4 is 0 Å². The zero-order valence-electron chi connectivity index (χ0n) is 24.1. The molecule has 0 bridgehead atoms. The molecule has 0 unspecified atom stereocenters. The van der Waals surface area contributed by atoms with Crippen molar-refractivity contribution in [2.45, 2.75) is 19.4 Å². The molecular weight excluding hydrogens is 506 g/mol. The molecule has 3 aromatic carbocycles. The summed E-state index contributed by atoms with van der Waals surface area (Å²) >= 11 is 0. The summed E-state index contributed by atoms with van der Waals surface area (Å²) in [5.41, 5.74) is 4.13. The zero-order chi connectivity index (χ0) is 28.3. The van der Waals surface area contributed by atoms with Gasteiger partial charge in [0.25, 0.3) is 0 Å². The van der Waals surface area contributed by atoms with Crippen molar-refractivity contribution in [1.29, 1.82) is 0 Å². The molecule has 1 aromatic heterocycles. The average Bonchev–Trinajstić information content (AvgIpc) is 3.40. The zero-order valence-corrected chi connectivity index (χ0v) is 24.1. The largest absolute Gasteiger partial charge is 0.493 e. The second-order valence-electron chi connectivity index (χ2n) is 9.53. The van der Waals surface area contributed by atoms with Crippen molar-refractivity contribution in [2.24, 2.45) is 0 Å². The molecule has 0 aliphatic heterocycles. The Labute approximate surface area is 237 Å². The molecule has 0 saturated heterocycles. The molecule has 4 aromatic rings. The van der Waals surface area contributed by atoms with Crippen molar-refractivity contribution < 1.29 is 23.7 Å². The van der Waals surface area contributed by atoms with Gasteiger partial charge in [-0.1, -0.05) is 36.4 Å². The summed E-state index contributed by atoms with van der Waals surface area (Å²) in [4.78, 5) is 2.32. The molecule has 1 heterocycles. The van der Waals surface area contributed by atoms with Crippen LogP contribution in [0.4, 0.5) is 0 Å². The molecule has 0 N–H and O–H groups in total. The van der Waals surface area contributed by atoms with E-state index in [1.165, 1.54) is 5.56 Å². The lowest BCUT2D eigenvalue weighted by Crippen LogP contribution is -2.24. The van der Waals surface area contributed by atoms with E-state index in [0.29, 0.717) is 24.7 Å². The van der Waals surface area contributed by atoms with Gasteiger partial charge in [-0.05, 0) is 61.3 Å². The Bertz CT molecular complexity index is 1360. The monoisotopic (exact) mass is 545 g/mol. The molecule has 0 fully saturated rings. The van der Waals surface area contributed by atoms with E-state index in [9.17, 15) is 0 Å². The number of aromatic nitrogens is 2. The van der Waals surface area contributed by atoms with Crippen LogP contribution >= 0.6 is 0 Å². The van der Waals surface area contributed by atoms with Crippen molar-refractivity contribution in [3.63, 3.8) is 0 Å². The van der Waals surface area contributed by atoms with Gasteiger partial charge < -0.3 is 28.6 Å². The Balaban J connectivity index is 1.37. The molecule has 0 aliphatic rings. The first kappa shape index (κ1) is 28.8. The molecule has 0 radical (unpaired) electrons. The molecule has 40 heavy (non-hydrogen) atoms. The Morgan fingerprint density at radius 2 is 1.38 bits per heavy atom. The SMILES string of the molecule is COc1ccc(CCN(C)CCCOc2cc(-c3ccc(OC)c(OC)c3)nn2Cc2ccccc2)cc1OC. The van der Waals surface area contributed by atoms with Crippen LogP contribution in [0, 0.1) is 0 Å². The topological polar surface area (TPSA) is 67.2 Å². The van der Waals surface area contributed by atoms with Crippen LogP contribution in [0.1, 0.15) is 17.5 Å². The Hall–Kier alpha value is -4.17. The van der Waals surface area contributed by atoms with Crippen LogP contribution in [-0.4, -0.2) is 69.9 Å². The van der Waals surface area contributed by atoms with Crippen LogP contribution in [0.25, 0.3) is 11.3 Å². The molecule has 0 amide bonds. The molecule has 0 aliphatic carbocycles. The number of methoxy groups -OCH3 is 4. The third kappa shape index (κ3) is 7.48. The number of hydrogen-bond acceptors (Lipinski definition) is 7. The Kier molecular flexibility index (Phi) is 10.3. The van der Waals surface area contributed by atoms with Crippen molar-refractivity contribution in [3.8, 4) is 40.1 Å². The minimum absolute atomic E-state index is 0.590. The highest BCUT2D eigenvalue weighted by Crippen LogP contribution is 2.33. The summed E-state index contributed by atoms with van der Waals surface area (Å²) in [6, 6.07) is 24.1. The van der Waals surface area contributed by atoms with Crippen molar-refractivity contribution in [2.75, 3.05) is 55.2 Å². The fourth-order valence-corrected chi connectivity index (χ4v) is 4.50. The van der Waals surface area contributed by atoms with Gasteiger partial charge in [-0.15, -0.1) is 0 Å². The molecule has 212 valence electrons. The lowest BCUT2D eigenvalue weighted by molar-refractivity contribution is 0.248. The maximum absolute atomic E-state index is 6.27. The van der Waals surface area contributed by atoms with Crippen LogP contribution in [-0.2, 0) is 13.0 Å². The number of likely N-dealkylation sites (N-methyl/N-ethyl adjacent to an activating group) is 1. The number of benzene rings is 3. The molecular formula is C32H39N3O5. The second-order valence-corrected chi connectivity index (χ2v) is 9.53. The normalized spacial score (nSPS) is 10.9. The van der Waals surface area contributed by atoms with Crippen LogP contribution in [0.3, 0.4) is 0 Å². The van der Waals surface area contributed by atoms with E-state index in [0.717, 1.165) is 60.1 Å². The molecule has 8 heteroatoms. The van der Waals surface area contributed by atoms with E-state index in [2.05, 4.69) is 30.1 Å². The van der Waals surface area contributed by atoms with Crippen molar-refractivity contribution in [1.82, 2.24) is 14.7 Å². The highest BCUT2D eigenvalue weighted by molar-refractivity contribution is 5.65. The maximum Gasteiger partial charge on any atom is 0.212 e. The Morgan fingerprint density at radius 1 is 0.700 bits per heavy atom. The number of nitrogens with zero attached hydrogens (tertiary/aromatic N) is 3. The van der Waals surface area contributed by atoms with E-state index in [4.69, 9.17) is 28.8 Å². The van der Waals surface area contributed by atoms with Gasteiger partial charge in [0.1, 0.15) is 0 Å². The summed E-state index contributed by atoms with van der Waals surface area (Å²) in [6.07, 6.45) is 1.82. The summed E-state index contributed by atoms with van der Waals surface area (Å²) in [5, 5.41) is 4.88. The van der Waals surface area contributed by atoms with Crippen LogP contribution in [0.5, 0.6) is 28.9 Å². The first-order valence-corrected chi connectivity index (χ1v) is 13.4. The fraction of sp³-hybridized carbons (Fsp3) is 0.344. The fourth-order valence-electron chi connectivity index (χ4n) is 4.50. The maximum atomic E-state index is 6.27. The van der Waals surface area contributed by atoms with Gasteiger partial charge >= 0.3 is 0 Å². The van der Waals surface area contributed by atoms with Crippen molar-refractivity contribution in [3.05, 3.63) is 83.9 Å². The smallest absolute Gasteiger partial charge is 0.212 e. The summed E-state index contributed by atoms with van der Waals surface area (Å²) in [7, 11) is 8.71. The van der Waals surface area contributed by atoms with E-state index < -0.39 is 0 Å². The number of rotatable bonds is 15. The highest BCUT2D eigenvalue weighted by atomic mass is 16.5. The van der Waals surface area contributed by atoms with E-state index >= 15 is 0 Å². The van der Waals surface area contributed by atoms with E-state index in [-0.39, 0.29) is 0 Å². The molecule has 0 atom stereocenters. The molecule has 0 spiro atoms. The minimum Gasteiger partial charge on any atom is -0.493 e. The quantitative estimate of drug-likeness (QED) is 0.181. The van der Waals surface area contributed by atoms with Gasteiger partial charge in [0.05, 0.1) is 47.3 Å². The lowest BCUT2D eigenvalue weighted by atomic mass is 10.1. The van der Waals surface area contributed by atoms with Gasteiger partial charge in [0, 0.05) is 24.7 Å². The number of hydrogen-bond donors (Lipinski definition) is 0. The first-order chi connectivity index (χ1) is 19.5. The third-order valence-corrected chi connectivity index (χ3v) is 6.76. The summed E-state index contributed by atoms with van der Waals surface area (Å²) < 4.78 is 29.8. The van der Waals surface area contributed by atoms with Crippen LogP contribution < -0.4 is 23.7 Å². The average molecular weight is 546 g/mol. The van der Waals surface area contributed by atoms with Crippen LogP contribution in [0.2, 0.25) is 0 Å². The predicted molar refractivity (Wildman–Crippen MR) is 157 cm³/mol. The van der Waals surface area contributed by atoms with Gasteiger partial charge in [0.2, 0.25) is 5.88 Å². The van der Waals surface area contributed by atoms with Gasteiger partial charge in [-0.2, -0.15) is 5.10 Å². The first-order valence-electron chi connectivity index (χ1n) is 13.4. The summed E-state index contributed by atoms with van der Waals surface area (Å²) in [5.74, 6) is 3.59. The molecule has 4 rings (SSSR count). The molecule has 0 saturated carbocycles. The third-order valence-electron chi connectivity index (χ3n) is 6.76. The van der Waals surface area contributed by atoms with Gasteiger partial charge in [-0.25, -0.2) is 4.68 Å². The van der Waals surface area contributed by atoms with Crippen LogP contribution in [0.15, 0.2) is 72.8 Å². The lowest BCUT2D eigenvalue weighted by Gasteiger charge is -2.17. The Morgan fingerprint density at radius 3 is 2.08 bits per heavy atom. The van der Waals surface area contributed by atoms with Gasteiger partial charge in [0.15, 0.2) is 23.0 Å².